The van der Waals surface area contributed by atoms with E-state index in [1.807, 2.05) is 6.92 Å². The number of rotatable bonds is 5. The molecular weight excluding hydrogens is 270 g/mol. The SMILES string of the molecule is CC(C)(C)[Si](C)(C)OC[C@](C)(O)C[C@H]1CCCCN1O. The highest BCUT2D eigenvalue weighted by Gasteiger charge is 2.39. The Balaban J connectivity index is 2.53. The number of piperidine rings is 1. The van der Waals surface area contributed by atoms with E-state index in [1.54, 1.807) is 0 Å². The lowest BCUT2D eigenvalue weighted by molar-refractivity contribution is -0.160. The smallest absolute Gasteiger partial charge is 0.192 e. The first kappa shape index (κ1) is 18.1. The van der Waals surface area contributed by atoms with E-state index in [0.717, 1.165) is 19.3 Å². The molecule has 1 aliphatic rings. The van der Waals surface area contributed by atoms with E-state index in [4.69, 9.17) is 4.43 Å². The number of hydroxylamine groups is 2. The zero-order chi connectivity index (χ0) is 15.6. The van der Waals surface area contributed by atoms with E-state index >= 15 is 0 Å². The van der Waals surface area contributed by atoms with Crippen LogP contribution < -0.4 is 0 Å². The van der Waals surface area contributed by atoms with Crippen LogP contribution in [-0.4, -0.2) is 48.5 Å². The van der Waals surface area contributed by atoms with Crippen molar-refractivity contribution in [3.63, 3.8) is 0 Å². The van der Waals surface area contributed by atoms with Gasteiger partial charge in [-0.2, -0.15) is 5.06 Å². The van der Waals surface area contributed by atoms with Crippen molar-refractivity contribution in [3.8, 4) is 0 Å². The monoisotopic (exact) mass is 303 g/mol. The average molecular weight is 304 g/mol. The van der Waals surface area contributed by atoms with Crippen LogP contribution in [0.25, 0.3) is 0 Å². The first-order chi connectivity index (χ1) is 8.95. The zero-order valence-corrected chi connectivity index (χ0v) is 15.1. The van der Waals surface area contributed by atoms with Gasteiger partial charge in [-0.05, 0) is 44.3 Å². The fraction of sp³-hybridized carbons (Fsp3) is 1.00. The van der Waals surface area contributed by atoms with Gasteiger partial charge in [-0.15, -0.1) is 0 Å². The molecule has 5 heteroatoms. The summed E-state index contributed by atoms with van der Waals surface area (Å²) in [6.45, 7) is 13.9. The lowest BCUT2D eigenvalue weighted by atomic mass is 9.92. The second kappa shape index (κ2) is 6.44. The van der Waals surface area contributed by atoms with Gasteiger partial charge in [-0.25, -0.2) is 0 Å². The lowest BCUT2D eigenvalue weighted by Gasteiger charge is -2.40. The van der Waals surface area contributed by atoms with E-state index in [9.17, 15) is 10.3 Å². The molecule has 1 aliphatic heterocycles. The van der Waals surface area contributed by atoms with E-state index in [0.29, 0.717) is 19.6 Å². The minimum absolute atomic E-state index is 0.0572. The maximum absolute atomic E-state index is 10.6. The molecule has 0 saturated carbocycles. The van der Waals surface area contributed by atoms with Crippen LogP contribution in [0.5, 0.6) is 0 Å². The molecule has 0 aliphatic carbocycles. The van der Waals surface area contributed by atoms with Gasteiger partial charge < -0.3 is 14.7 Å². The Bertz CT molecular complexity index is 313. The van der Waals surface area contributed by atoms with Crippen LogP contribution in [0.15, 0.2) is 0 Å². The third-order valence-electron chi connectivity index (χ3n) is 4.82. The van der Waals surface area contributed by atoms with E-state index in [1.165, 1.54) is 5.06 Å². The van der Waals surface area contributed by atoms with E-state index in [2.05, 4.69) is 33.9 Å². The van der Waals surface area contributed by atoms with Gasteiger partial charge in [0, 0.05) is 12.6 Å². The van der Waals surface area contributed by atoms with Gasteiger partial charge in [0.2, 0.25) is 0 Å². The predicted molar refractivity (Wildman–Crippen MR) is 84.5 cm³/mol. The van der Waals surface area contributed by atoms with Crippen LogP contribution in [0.4, 0.5) is 0 Å². The highest BCUT2D eigenvalue weighted by molar-refractivity contribution is 6.74. The maximum atomic E-state index is 10.6. The number of aliphatic hydroxyl groups is 1. The van der Waals surface area contributed by atoms with Crippen molar-refractivity contribution in [2.24, 2.45) is 0 Å². The molecule has 4 nitrogen and oxygen atoms in total. The Morgan fingerprint density at radius 2 is 1.80 bits per heavy atom. The van der Waals surface area contributed by atoms with Gasteiger partial charge >= 0.3 is 0 Å². The molecule has 0 aromatic heterocycles. The molecule has 0 amide bonds. The Kier molecular flexibility index (Phi) is 5.83. The minimum Gasteiger partial charge on any atom is -0.414 e. The normalized spacial score (nSPS) is 25.5. The van der Waals surface area contributed by atoms with Crippen LogP contribution in [-0.2, 0) is 4.43 Å². The van der Waals surface area contributed by atoms with Gasteiger partial charge in [0.15, 0.2) is 8.32 Å². The summed E-state index contributed by atoms with van der Waals surface area (Å²) in [4.78, 5) is 0. The van der Waals surface area contributed by atoms with Crippen molar-refractivity contribution < 1.29 is 14.7 Å². The van der Waals surface area contributed by atoms with Crippen LogP contribution in [0.2, 0.25) is 18.1 Å². The molecule has 0 spiro atoms. The first-order valence-electron chi connectivity index (χ1n) is 7.76. The summed E-state index contributed by atoms with van der Waals surface area (Å²) in [7, 11) is -1.83. The van der Waals surface area contributed by atoms with Crippen molar-refractivity contribution in [2.75, 3.05) is 13.2 Å². The molecule has 1 saturated heterocycles. The summed E-state index contributed by atoms with van der Waals surface area (Å²) in [6.07, 6.45) is 3.68. The van der Waals surface area contributed by atoms with Gasteiger partial charge in [0.1, 0.15) is 0 Å². The molecular formula is C15H33NO3Si. The highest BCUT2D eigenvalue weighted by atomic mass is 28.4. The third-order valence-corrected chi connectivity index (χ3v) is 9.30. The van der Waals surface area contributed by atoms with Gasteiger partial charge in [0.25, 0.3) is 0 Å². The summed E-state index contributed by atoms with van der Waals surface area (Å²) >= 11 is 0. The highest BCUT2D eigenvalue weighted by Crippen LogP contribution is 2.37. The Morgan fingerprint density at radius 1 is 1.20 bits per heavy atom. The summed E-state index contributed by atoms with van der Waals surface area (Å²) in [5, 5.41) is 22.0. The zero-order valence-electron chi connectivity index (χ0n) is 14.1. The molecule has 1 fully saturated rings. The summed E-state index contributed by atoms with van der Waals surface area (Å²) in [5.74, 6) is 0. The Hall–Kier alpha value is 0.0569. The lowest BCUT2D eigenvalue weighted by Crippen LogP contribution is -2.48. The second-order valence-electron chi connectivity index (χ2n) is 8.06. The molecule has 2 atom stereocenters. The van der Waals surface area contributed by atoms with E-state index < -0.39 is 13.9 Å². The minimum atomic E-state index is -1.83. The quantitative estimate of drug-likeness (QED) is 0.764. The van der Waals surface area contributed by atoms with Crippen molar-refractivity contribution in [1.29, 1.82) is 0 Å². The topological polar surface area (TPSA) is 52.9 Å². The fourth-order valence-corrected chi connectivity index (χ4v) is 3.42. The summed E-state index contributed by atoms with van der Waals surface area (Å²) < 4.78 is 6.12. The number of nitrogens with zero attached hydrogens (tertiary/aromatic N) is 1. The van der Waals surface area contributed by atoms with Gasteiger partial charge in [-0.3, -0.25) is 0 Å². The number of hydrogen-bond donors (Lipinski definition) is 2. The second-order valence-corrected chi connectivity index (χ2v) is 12.9. The van der Waals surface area contributed by atoms with Crippen molar-refractivity contribution in [3.05, 3.63) is 0 Å². The van der Waals surface area contributed by atoms with Crippen LogP contribution >= 0.6 is 0 Å². The molecule has 0 aromatic rings. The molecule has 0 aromatic carbocycles. The predicted octanol–water partition coefficient (Wildman–Crippen LogP) is 3.39. The maximum Gasteiger partial charge on any atom is 0.192 e. The standard InChI is InChI=1S/C15H33NO3Si/c1-14(2,3)20(5,6)19-12-15(4,17)11-13-9-7-8-10-16(13)18/h13,17-18H,7-12H2,1-6H3/t13-,15-/m1/s1. The Labute approximate surface area is 125 Å². The van der Waals surface area contributed by atoms with Crippen LogP contribution in [0.1, 0.15) is 53.4 Å². The fourth-order valence-electron chi connectivity index (χ4n) is 2.31. The van der Waals surface area contributed by atoms with Gasteiger partial charge in [0.05, 0.1) is 12.2 Å². The molecule has 0 radical (unpaired) electrons. The number of hydrogen-bond acceptors (Lipinski definition) is 4. The largest absolute Gasteiger partial charge is 0.414 e. The molecule has 120 valence electrons. The van der Waals surface area contributed by atoms with E-state index in [-0.39, 0.29) is 11.1 Å². The summed E-state index contributed by atoms with van der Waals surface area (Å²) in [5.41, 5.74) is -0.876. The van der Waals surface area contributed by atoms with Crippen molar-refractivity contribution in [1.82, 2.24) is 5.06 Å². The summed E-state index contributed by atoms with van der Waals surface area (Å²) in [6, 6.07) is 0.0572. The van der Waals surface area contributed by atoms with Crippen LogP contribution in [0.3, 0.4) is 0 Å². The molecule has 1 heterocycles. The van der Waals surface area contributed by atoms with Crippen molar-refractivity contribution in [2.45, 2.75) is 83.2 Å². The third kappa shape index (κ3) is 5.11. The molecule has 0 unspecified atom stereocenters. The molecule has 2 N–H and O–H groups in total. The molecule has 0 bridgehead atoms. The average Bonchev–Trinajstić information content (AvgIpc) is 2.28. The van der Waals surface area contributed by atoms with Crippen LogP contribution in [0, 0.1) is 0 Å². The first-order valence-corrected chi connectivity index (χ1v) is 10.7. The van der Waals surface area contributed by atoms with Gasteiger partial charge in [-0.1, -0.05) is 27.2 Å². The van der Waals surface area contributed by atoms with Crippen molar-refractivity contribution >= 4 is 8.32 Å². The Morgan fingerprint density at radius 3 is 2.30 bits per heavy atom. The molecule has 1 rings (SSSR count). The molecule has 20 heavy (non-hydrogen) atoms.